The lowest BCUT2D eigenvalue weighted by Gasteiger charge is -2.28. The summed E-state index contributed by atoms with van der Waals surface area (Å²) in [6, 6.07) is 13.4. The van der Waals surface area contributed by atoms with Gasteiger partial charge in [0.25, 0.3) is 0 Å². The number of esters is 1. The van der Waals surface area contributed by atoms with Crippen LogP contribution in [0, 0.1) is 5.92 Å². The summed E-state index contributed by atoms with van der Waals surface area (Å²) in [5.41, 5.74) is 2.78. The lowest BCUT2D eigenvalue weighted by Crippen LogP contribution is -2.30. The molecule has 1 saturated heterocycles. The first kappa shape index (κ1) is 20.2. The molecule has 0 spiro atoms. The van der Waals surface area contributed by atoms with Crippen LogP contribution in [0.1, 0.15) is 34.3 Å². The lowest BCUT2D eigenvalue weighted by molar-refractivity contribution is 0.0472. The van der Waals surface area contributed by atoms with Crippen LogP contribution >= 0.6 is 0 Å². The highest BCUT2D eigenvalue weighted by Crippen LogP contribution is 2.28. The number of piperidine rings is 1. The normalized spacial score (nSPS) is 15.2. The highest BCUT2D eigenvalue weighted by Gasteiger charge is 2.17. The molecule has 0 radical (unpaired) electrons. The average Bonchev–Trinajstić information content (AvgIpc) is 2.74. The highest BCUT2D eigenvalue weighted by atomic mass is 16.5. The Kier molecular flexibility index (Phi) is 6.93. The third-order valence-electron chi connectivity index (χ3n) is 5.37. The molecule has 1 aliphatic heterocycles. The zero-order chi connectivity index (χ0) is 19.9. The van der Waals surface area contributed by atoms with E-state index in [1.54, 1.807) is 32.4 Å². The average molecular weight is 383 g/mol. The van der Waals surface area contributed by atoms with Gasteiger partial charge in [0.05, 0.1) is 19.8 Å². The van der Waals surface area contributed by atoms with Gasteiger partial charge in [-0.2, -0.15) is 0 Å². The minimum absolute atomic E-state index is 0.252. The molecule has 0 aliphatic carbocycles. The molecule has 0 bridgehead atoms. The molecule has 3 rings (SSSR count). The Morgan fingerprint density at radius 2 is 1.61 bits per heavy atom. The zero-order valence-electron chi connectivity index (χ0n) is 16.9. The van der Waals surface area contributed by atoms with E-state index >= 15 is 0 Å². The Morgan fingerprint density at radius 1 is 0.964 bits per heavy atom. The fraction of sp³-hybridized carbons (Fsp3) is 0.435. The number of benzene rings is 2. The van der Waals surface area contributed by atoms with Gasteiger partial charge in [-0.15, -0.1) is 0 Å². The molecular formula is C23H29NO4. The largest absolute Gasteiger partial charge is 0.493 e. The van der Waals surface area contributed by atoms with Crippen molar-refractivity contribution in [3.05, 3.63) is 59.2 Å². The summed E-state index contributed by atoms with van der Waals surface area (Å²) >= 11 is 0. The van der Waals surface area contributed by atoms with Gasteiger partial charge in [-0.05, 0) is 74.6 Å². The summed E-state index contributed by atoms with van der Waals surface area (Å²) in [5.74, 6) is 1.48. The molecule has 0 amide bonds. The monoisotopic (exact) mass is 383 g/mol. The smallest absolute Gasteiger partial charge is 0.338 e. The van der Waals surface area contributed by atoms with Gasteiger partial charge in [0.2, 0.25) is 0 Å². The van der Waals surface area contributed by atoms with E-state index < -0.39 is 0 Å². The summed E-state index contributed by atoms with van der Waals surface area (Å²) in [6.07, 6.45) is 3.65. The molecule has 1 aliphatic rings. The molecule has 2 aromatic rings. The van der Waals surface area contributed by atoms with Crippen LogP contribution in [0.5, 0.6) is 11.5 Å². The van der Waals surface area contributed by atoms with Crippen molar-refractivity contribution < 1.29 is 19.0 Å². The summed E-state index contributed by atoms with van der Waals surface area (Å²) in [6.45, 7) is 2.63. The molecule has 5 heteroatoms. The molecule has 1 heterocycles. The predicted molar refractivity (Wildman–Crippen MR) is 109 cm³/mol. The Balaban J connectivity index is 1.52. The Labute approximate surface area is 167 Å². The quantitative estimate of drug-likeness (QED) is 0.678. The molecule has 150 valence electrons. The minimum atomic E-state index is -0.378. The van der Waals surface area contributed by atoms with Crippen LogP contribution in [-0.4, -0.2) is 45.2 Å². The molecule has 0 unspecified atom stereocenters. The Bertz CT molecular complexity index is 780. The second-order valence-electron chi connectivity index (χ2n) is 7.41. The zero-order valence-corrected chi connectivity index (χ0v) is 16.9. The van der Waals surface area contributed by atoms with E-state index in [0.717, 1.165) is 17.9 Å². The molecule has 5 nitrogen and oxygen atoms in total. The number of methoxy groups -OCH3 is 2. The molecule has 0 saturated carbocycles. The van der Waals surface area contributed by atoms with Gasteiger partial charge in [0.15, 0.2) is 11.5 Å². The second kappa shape index (κ2) is 9.60. The maximum atomic E-state index is 12.3. The van der Waals surface area contributed by atoms with E-state index in [0.29, 0.717) is 17.1 Å². The van der Waals surface area contributed by atoms with Crippen molar-refractivity contribution in [1.29, 1.82) is 0 Å². The van der Waals surface area contributed by atoms with Crippen LogP contribution in [0.4, 0.5) is 0 Å². The standard InChI is InChI=1S/C23H29NO4/c1-24-12-10-18(11-13-24)14-17-4-6-19(7-5-17)16-28-23(25)20-8-9-21(26-2)22(15-20)27-3/h4-9,15,18H,10-14,16H2,1-3H3. The molecule has 2 aromatic carbocycles. The van der Waals surface area contributed by atoms with Crippen LogP contribution in [0.15, 0.2) is 42.5 Å². The predicted octanol–water partition coefficient (Wildman–Crippen LogP) is 3.95. The van der Waals surface area contributed by atoms with Gasteiger partial charge in [-0.25, -0.2) is 4.79 Å². The molecule has 0 atom stereocenters. The summed E-state index contributed by atoms with van der Waals surface area (Å²) in [7, 11) is 5.29. The van der Waals surface area contributed by atoms with E-state index in [-0.39, 0.29) is 12.6 Å². The van der Waals surface area contributed by atoms with Crippen molar-refractivity contribution in [2.24, 2.45) is 5.92 Å². The molecule has 0 N–H and O–H groups in total. The maximum absolute atomic E-state index is 12.3. The number of ether oxygens (including phenoxy) is 3. The minimum Gasteiger partial charge on any atom is -0.493 e. The topological polar surface area (TPSA) is 48.0 Å². The molecular weight excluding hydrogens is 354 g/mol. The number of carbonyl (C=O) groups excluding carboxylic acids is 1. The van der Waals surface area contributed by atoms with Crippen molar-refractivity contribution in [1.82, 2.24) is 4.90 Å². The van der Waals surface area contributed by atoms with Crippen molar-refractivity contribution in [3.63, 3.8) is 0 Å². The number of nitrogens with zero attached hydrogens (tertiary/aromatic N) is 1. The third kappa shape index (κ3) is 5.26. The molecule has 1 fully saturated rings. The summed E-state index contributed by atoms with van der Waals surface area (Å²) < 4.78 is 15.9. The number of rotatable bonds is 7. The van der Waals surface area contributed by atoms with Gasteiger partial charge in [0, 0.05) is 0 Å². The SMILES string of the molecule is COc1ccc(C(=O)OCc2ccc(CC3CCN(C)CC3)cc2)cc1OC. The van der Waals surface area contributed by atoms with Crippen LogP contribution in [0.2, 0.25) is 0 Å². The number of likely N-dealkylation sites (tertiary alicyclic amines) is 1. The Morgan fingerprint density at radius 3 is 2.25 bits per heavy atom. The fourth-order valence-corrected chi connectivity index (χ4v) is 3.57. The van der Waals surface area contributed by atoms with Gasteiger partial charge in [0.1, 0.15) is 6.61 Å². The van der Waals surface area contributed by atoms with Crippen molar-refractivity contribution in [3.8, 4) is 11.5 Å². The van der Waals surface area contributed by atoms with Gasteiger partial charge in [-0.1, -0.05) is 24.3 Å². The van der Waals surface area contributed by atoms with E-state index in [1.165, 1.54) is 31.5 Å². The number of hydrogen-bond donors (Lipinski definition) is 0. The van der Waals surface area contributed by atoms with Gasteiger partial charge >= 0.3 is 5.97 Å². The number of hydrogen-bond acceptors (Lipinski definition) is 5. The second-order valence-corrected chi connectivity index (χ2v) is 7.41. The van der Waals surface area contributed by atoms with E-state index in [9.17, 15) is 4.79 Å². The van der Waals surface area contributed by atoms with Crippen LogP contribution < -0.4 is 9.47 Å². The van der Waals surface area contributed by atoms with E-state index in [4.69, 9.17) is 14.2 Å². The molecule has 0 aromatic heterocycles. The van der Waals surface area contributed by atoms with Gasteiger partial charge < -0.3 is 19.1 Å². The van der Waals surface area contributed by atoms with Gasteiger partial charge in [-0.3, -0.25) is 0 Å². The first-order chi connectivity index (χ1) is 13.6. The van der Waals surface area contributed by atoms with E-state index in [2.05, 4.69) is 24.1 Å². The maximum Gasteiger partial charge on any atom is 0.338 e. The van der Waals surface area contributed by atoms with Crippen LogP contribution in [0.25, 0.3) is 0 Å². The third-order valence-corrected chi connectivity index (χ3v) is 5.37. The first-order valence-electron chi connectivity index (χ1n) is 9.74. The van der Waals surface area contributed by atoms with Crippen LogP contribution in [0.3, 0.4) is 0 Å². The first-order valence-corrected chi connectivity index (χ1v) is 9.74. The lowest BCUT2D eigenvalue weighted by atomic mass is 9.90. The van der Waals surface area contributed by atoms with Crippen LogP contribution in [-0.2, 0) is 17.8 Å². The van der Waals surface area contributed by atoms with Crippen molar-refractivity contribution >= 4 is 5.97 Å². The molecule has 28 heavy (non-hydrogen) atoms. The number of carbonyl (C=O) groups is 1. The summed E-state index contributed by atoms with van der Waals surface area (Å²) in [5, 5.41) is 0. The van der Waals surface area contributed by atoms with Crippen molar-refractivity contribution in [2.45, 2.75) is 25.9 Å². The Hall–Kier alpha value is -2.53. The fourth-order valence-electron chi connectivity index (χ4n) is 3.57. The van der Waals surface area contributed by atoms with Crippen molar-refractivity contribution in [2.75, 3.05) is 34.4 Å². The highest BCUT2D eigenvalue weighted by molar-refractivity contribution is 5.90. The van der Waals surface area contributed by atoms with E-state index in [1.807, 2.05) is 12.1 Å². The summed E-state index contributed by atoms with van der Waals surface area (Å²) in [4.78, 5) is 14.7.